The molecule has 0 spiro atoms. The Morgan fingerprint density at radius 3 is 2.63 bits per heavy atom. The van der Waals surface area contributed by atoms with Gasteiger partial charge in [-0.15, -0.1) is 0 Å². The summed E-state index contributed by atoms with van der Waals surface area (Å²) in [4.78, 5) is 31.9. The second-order valence-corrected chi connectivity index (χ2v) is 8.09. The number of aromatic nitrogens is 2. The molecular weight excluding hydrogens is 382 g/mol. The van der Waals surface area contributed by atoms with Crippen LogP contribution in [0.25, 0.3) is 11.4 Å². The van der Waals surface area contributed by atoms with Gasteiger partial charge in [-0.2, -0.15) is 4.98 Å². The van der Waals surface area contributed by atoms with Crippen molar-refractivity contribution in [2.75, 3.05) is 19.6 Å². The topological polar surface area (TPSA) is 100 Å². The van der Waals surface area contributed by atoms with Crippen LogP contribution in [0, 0.1) is 5.92 Å². The van der Waals surface area contributed by atoms with Crippen LogP contribution in [0.1, 0.15) is 50.8 Å². The molecule has 1 saturated heterocycles. The number of nitrogens with zero attached hydrogens (tertiary/aromatic N) is 3. The number of nitrogens with one attached hydrogen (secondary N) is 2. The number of hydrogen-bond acceptors (Lipinski definition) is 5. The number of benzene rings is 1. The van der Waals surface area contributed by atoms with E-state index in [0.717, 1.165) is 31.5 Å². The van der Waals surface area contributed by atoms with E-state index >= 15 is 0 Å². The lowest BCUT2D eigenvalue weighted by Crippen LogP contribution is -2.43. The molecule has 1 aromatic carbocycles. The Balaban J connectivity index is 1.53. The molecule has 3 amide bonds. The minimum Gasteiger partial charge on any atom is -0.342 e. The number of carbonyl (C=O) groups is 2. The molecule has 0 radical (unpaired) electrons. The van der Waals surface area contributed by atoms with Gasteiger partial charge in [0.05, 0.1) is 5.92 Å². The highest BCUT2D eigenvalue weighted by atomic mass is 16.5. The molecule has 1 aromatic heterocycles. The molecule has 2 N–H and O–H groups in total. The number of urea groups is 1. The summed E-state index contributed by atoms with van der Waals surface area (Å²) < 4.78 is 5.59. The van der Waals surface area contributed by atoms with E-state index < -0.39 is 0 Å². The third-order valence-corrected chi connectivity index (χ3v) is 6.02. The molecule has 1 aliphatic heterocycles. The third kappa shape index (κ3) is 4.47. The Morgan fingerprint density at radius 2 is 1.90 bits per heavy atom. The summed E-state index contributed by atoms with van der Waals surface area (Å²) in [6, 6.07) is 9.18. The van der Waals surface area contributed by atoms with Gasteiger partial charge in [-0.05, 0) is 39.0 Å². The van der Waals surface area contributed by atoms with Gasteiger partial charge < -0.3 is 20.1 Å². The Hall–Kier alpha value is -2.90. The van der Waals surface area contributed by atoms with Gasteiger partial charge in [0.2, 0.25) is 17.6 Å². The first kappa shape index (κ1) is 20.4. The molecule has 30 heavy (non-hydrogen) atoms. The fourth-order valence-corrected chi connectivity index (χ4v) is 4.51. The van der Waals surface area contributed by atoms with Crippen molar-refractivity contribution >= 4 is 11.9 Å². The molecular formula is C22H29N5O3. The predicted octanol–water partition coefficient (Wildman–Crippen LogP) is 2.93. The molecule has 1 saturated carbocycles. The van der Waals surface area contributed by atoms with Crippen molar-refractivity contribution < 1.29 is 14.1 Å². The van der Waals surface area contributed by atoms with E-state index in [1.807, 2.05) is 42.2 Å². The van der Waals surface area contributed by atoms with Crippen molar-refractivity contribution in [3.8, 4) is 11.4 Å². The SMILES string of the molecule is CCNC(=O)N[C@@H]1C[C@@H](C(=O)N2CCCCC2)C[C@@H]1c1nc(-c2ccccc2)no1. The van der Waals surface area contributed by atoms with Crippen LogP contribution in [0.4, 0.5) is 4.79 Å². The van der Waals surface area contributed by atoms with Gasteiger partial charge in [0, 0.05) is 37.2 Å². The predicted molar refractivity (Wildman–Crippen MR) is 112 cm³/mol. The second kappa shape index (κ2) is 9.28. The summed E-state index contributed by atoms with van der Waals surface area (Å²) in [6.45, 7) is 4.07. The highest BCUT2D eigenvalue weighted by Gasteiger charge is 2.43. The number of carbonyl (C=O) groups excluding carboxylic acids is 2. The molecule has 0 unspecified atom stereocenters. The average molecular weight is 412 g/mol. The lowest BCUT2D eigenvalue weighted by atomic mass is 10.0. The van der Waals surface area contributed by atoms with Gasteiger partial charge in [-0.25, -0.2) is 4.79 Å². The zero-order valence-corrected chi connectivity index (χ0v) is 17.3. The summed E-state index contributed by atoms with van der Waals surface area (Å²) in [7, 11) is 0. The number of hydrogen-bond donors (Lipinski definition) is 2. The molecule has 1 aliphatic carbocycles. The molecule has 3 atom stereocenters. The molecule has 2 fully saturated rings. The smallest absolute Gasteiger partial charge is 0.315 e. The molecule has 2 heterocycles. The minimum absolute atomic E-state index is 0.146. The van der Waals surface area contributed by atoms with Crippen molar-refractivity contribution in [1.29, 1.82) is 0 Å². The van der Waals surface area contributed by atoms with Crippen LogP contribution in [0.15, 0.2) is 34.9 Å². The van der Waals surface area contributed by atoms with Crippen LogP contribution in [-0.2, 0) is 4.79 Å². The Morgan fingerprint density at radius 1 is 1.13 bits per heavy atom. The maximum absolute atomic E-state index is 13.1. The first-order valence-electron chi connectivity index (χ1n) is 10.9. The minimum atomic E-state index is -0.235. The van der Waals surface area contributed by atoms with Crippen LogP contribution in [0.5, 0.6) is 0 Å². The van der Waals surface area contributed by atoms with Crippen LogP contribution in [0.2, 0.25) is 0 Å². The largest absolute Gasteiger partial charge is 0.342 e. The van der Waals surface area contributed by atoms with E-state index in [-0.39, 0.29) is 29.8 Å². The maximum Gasteiger partial charge on any atom is 0.315 e. The van der Waals surface area contributed by atoms with E-state index in [2.05, 4.69) is 20.8 Å². The lowest BCUT2D eigenvalue weighted by molar-refractivity contribution is -0.136. The van der Waals surface area contributed by atoms with Crippen LogP contribution in [0.3, 0.4) is 0 Å². The fraction of sp³-hybridized carbons (Fsp3) is 0.545. The highest BCUT2D eigenvalue weighted by molar-refractivity contribution is 5.80. The van der Waals surface area contributed by atoms with Gasteiger partial charge in [-0.1, -0.05) is 35.5 Å². The van der Waals surface area contributed by atoms with Crippen LogP contribution >= 0.6 is 0 Å². The normalized spacial score (nSPS) is 23.9. The van der Waals surface area contributed by atoms with E-state index in [0.29, 0.717) is 31.1 Å². The van der Waals surface area contributed by atoms with Gasteiger partial charge >= 0.3 is 6.03 Å². The van der Waals surface area contributed by atoms with Gasteiger partial charge in [0.25, 0.3) is 0 Å². The van der Waals surface area contributed by atoms with Crippen molar-refractivity contribution in [3.63, 3.8) is 0 Å². The summed E-state index contributed by atoms with van der Waals surface area (Å²) in [5.74, 6) is 0.851. The third-order valence-electron chi connectivity index (χ3n) is 6.02. The Kier molecular flexibility index (Phi) is 6.30. The summed E-state index contributed by atoms with van der Waals surface area (Å²) in [5.41, 5.74) is 0.875. The summed E-state index contributed by atoms with van der Waals surface area (Å²) in [6.07, 6.45) is 4.49. The molecule has 4 rings (SSSR count). The van der Waals surface area contributed by atoms with Crippen molar-refractivity contribution in [2.24, 2.45) is 5.92 Å². The summed E-state index contributed by atoms with van der Waals surface area (Å²) >= 11 is 0. The Bertz CT molecular complexity index is 863. The van der Waals surface area contributed by atoms with E-state index in [4.69, 9.17) is 4.52 Å². The van der Waals surface area contributed by atoms with Crippen LogP contribution < -0.4 is 10.6 Å². The fourth-order valence-electron chi connectivity index (χ4n) is 4.51. The number of rotatable bonds is 5. The zero-order chi connectivity index (χ0) is 20.9. The van der Waals surface area contributed by atoms with E-state index in [1.165, 1.54) is 6.42 Å². The standard InChI is InChI=1S/C22H29N5O3/c1-2-23-22(29)24-18-14-16(21(28)27-11-7-4-8-12-27)13-17(18)20-25-19(26-30-20)15-9-5-3-6-10-15/h3,5-6,9-10,16-18H,2,4,7-8,11-14H2,1H3,(H2,23,24,29)/t16-,17-,18+/m0/s1. The average Bonchev–Trinajstić information content (AvgIpc) is 3.42. The zero-order valence-electron chi connectivity index (χ0n) is 17.3. The van der Waals surface area contributed by atoms with Crippen molar-refractivity contribution in [3.05, 3.63) is 36.2 Å². The monoisotopic (exact) mass is 411 g/mol. The highest BCUT2D eigenvalue weighted by Crippen LogP contribution is 2.39. The molecule has 2 aromatic rings. The molecule has 160 valence electrons. The number of piperidine rings is 1. The lowest BCUT2D eigenvalue weighted by Gasteiger charge is -2.29. The molecule has 0 bridgehead atoms. The van der Waals surface area contributed by atoms with Gasteiger partial charge in [0.1, 0.15) is 0 Å². The van der Waals surface area contributed by atoms with Crippen molar-refractivity contribution in [1.82, 2.24) is 25.7 Å². The molecule has 8 nitrogen and oxygen atoms in total. The van der Waals surface area contributed by atoms with Gasteiger partial charge in [0.15, 0.2) is 0 Å². The molecule has 8 heteroatoms. The van der Waals surface area contributed by atoms with Crippen molar-refractivity contribution in [2.45, 2.75) is 51.0 Å². The first-order chi connectivity index (χ1) is 14.7. The second-order valence-electron chi connectivity index (χ2n) is 8.09. The van der Waals surface area contributed by atoms with Gasteiger partial charge in [-0.3, -0.25) is 4.79 Å². The van der Waals surface area contributed by atoms with Crippen LogP contribution in [-0.4, -0.2) is 52.7 Å². The van der Waals surface area contributed by atoms with E-state index in [9.17, 15) is 9.59 Å². The quantitative estimate of drug-likeness (QED) is 0.788. The summed E-state index contributed by atoms with van der Waals surface area (Å²) in [5, 5.41) is 9.92. The molecule has 2 aliphatic rings. The number of likely N-dealkylation sites (tertiary alicyclic amines) is 1. The Labute approximate surface area is 176 Å². The maximum atomic E-state index is 13.1. The first-order valence-corrected chi connectivity index (χ1v) is 10.9. The number of amides is 3. The van der Waals surface area contributed by atoms with E-state index in [1.54, 1.807) is 0 Å².